The Hall–Kier alpha value is -1.39. The summed E-state index contributed by atoms with van der Waals surface area (Å²) in [6, 6.07) is 10.2. The predicted molar refractivity (Wildman–Crippen MR) is 99.9 cm³/mol. The second kappa shape index (κ2) is 9.19. The van der Waals surface area contributed by atoms with Gasteiger partial charge < -0.3 is 10.2 Å². The third-order valence-electron chi connectivity index (χ3n) is 4.89. The molecule has 1 N–H and O–H groups in total. The van der Waals surface area contributed by atoms with E-state index < -0.39 is 0 Å². The van der Waals surface area contributed by atoms with Crippen molar-refractivity contribution in [2.24, 2.45) is 5.92 Å². The number of hydrogen-bond donors (Lipinski definition) is 1. The molecule has 0 bridgehead atoms. The summed E-state index contributed by atoms with van der Waals surface area (Å²) in [5.74, 6) is 0.780. The van der Waals surface area contributed by atoms with Gasteiger partial charge in [-0.2, -0.15) is 0 Å². The van der Waals surface area contributed by atoms with Gasteiger partial charge in [0.2, 0.25) is 5.91 Å². The molecular weight excluding hydrogens is 298 g/mol. The number of hydrogen-bond acceptors (Lipinski definition) is 3. The number of carbonyl (C=O) groups is 1. The van der Waals surface area contributed by atoms with Crippen LogP contribution in [0.2, 0.25) is 0 Å². The van der Waals surface area contributed by atoms with Crippen molar-refractivity contribution < 1.29 is 4.79 Å². The minimum atomic E-state index is -0.171. The van der Waals surface area contributed by atoms with Crippen LogP contribution in [0.4, 0.5) is 0 Å². The van der Waals surface area contributed by atoms with E-state index in [9.17, 15) is 4.79 Å². The molecule has 1 aliphatic heterocycles. The Morgan fingerprint density at radius 3 is 2.50 bits per heavy atom. The lowest BCUT2D eigenvalue weighted by molar-refractivity contribution is -0.126. The van der Waals surface area contributed by atoms with E-state index in [1.54, 1.807) is 0 Å². The van der Waals surface area contributed by atoms with Crippen LogP contribution in [-0.2, 0) is 4.79 Å². The molecule has 0 radical (unpaired) electrons. The van der Waals surface area contributed by atoms with Gasteiger partial charge in [-0.05, 0) is 51.4 Å². The maximum absolute atomic E-state index is 12.8. The highest BCUT2D eigenvalue weighted by atomic mass is 16.2. The quantitative estimate of drug-likeness (QED) is 0.795. The predicted octanol–water partition coefficient (Wildman–Crippen LogP) is 2.92. The molecule has 0 unspecified atom stereocenters. The Morgan fingerprint density at radius 2 is 1.92 bits per heavy atom. The van der Waals surface area contributed by atoms with Gasteiger partial charge in [0.1, 0.15) is 6.04 Å². The van der Waals surface area contributed by atoms with Gasteiger partial charge in [-0.3, -0.25) is 9.69 Å². The van der Waals surface area contributed by atoms with Crippen LogP contribution < -0.4 is 5.32 Å². The Bertz CT molecular complexity index is 499. The van der Waals surface area contributed by atoms with Gasteiger partial charge in [0.25, 0.3) is 0 Å². The summed E-state index contributed by atoms with van der Waals surface area (Å²) in [6.07, 6.45) is 1.18. The van der Waals surface area contributed by atoms with Crippen molar-refractivity contribution in [3.63, 3.8) is 0 Å². The van der Waals surface area contributed by atoms with Gasteiger partial charge in [0.15, 0.2) is 0 Å². The molecule has 1 fully saturated rings. The SMILES string of the molecule is CCN(CC)C[C@@H]1CCN([C@@H](C(=O)NC(C)C)c2ccccc2)C1. The summed E-state index contributed by atoms with van der Waals surface area (Å²) >= 11 is 0. The van der Waals surface area contributed by atoms with Crippen LogP contribution in [0.3, 0.4) is 0 Å². The molecular formula is C20H33N3O. The van der Waals surface area contributed by atoms with Crippen molar-refractivity contribution in [2.75, 3.05) is 32.7 Å². The summed E-state index contributed by atoms with van der Waals surface area (Å²) in [5, 5.41) is 3.11. The summed E-state index contributed by atoms with van der Waals surface area (Å²) in [5.41, 5.74) is 1.10. The Morgan fingerprint density at radius 1 is 1.25 bits per heavy atom. The second-order valence-corrected chi connectivity index (χ2v) is 7.11. The molecule has 2 atom stereocenters. The third kappa shape index (κ3) is 5.05. The molecule has 24 heavy (non-hydrogen) atoms. The van der Waals surface area contributed by atoms with Gasteiger partial charge in [0, 0.05) is 19.1 Å². The number of likely N-dealkylation sites (tertiary alicyclic amines) is 1. The lowest BCUT2D eigenvalue weighted by Gasteiger charge is -2.29. The molecule has 1 aliphatic rings. The first kappa shape index (κ1) is 18.9. The van der Waals surface area contributed by atoms with E-state index in [-0.39, 0.29) is 18.0 Å². The number of carbonyl (C=O) groups excluding carboxylic acids is 1. The fourth-order valence-corrected chi connectivity index (χ4v) is 3.62. The van der Waals surface area contributed by atoms with Gasteiger partial charge in [-0.25, -0.2) is 0 Å². The van der Waals surface area contributed by atoms with E-state index in [2.05, 4.69) is 41.1 Å². The van der Waals surface area contributed by atoms with Gasteiger partial charge in [0.05, 0.1) is 0 Å². The van der Waals surface area contributed by atoms with Crippen LogP contribution in [0.1, 0.15) is 45.7 Å². The average Bonchev–Trinajstić information content (AvgIpc) is 3.01. The van der Waals surface area contributed by atoms with E-state index in [1.807, 2.05) is 32.0 Å². The number of benzene rings is 1. The molecule has 1 heterocycles. The molecule has 0 aromatic heterocycles. The first-order valence-corrected chi connectivity index (χ1v) is 9.36. The fraction of sp³-hybridized carbons (Fsp3) is 0.650. The zero-order chi connectivity index (χ0) is 17.5. The fourth-order valence-electron chi connectivity index (χ4n) is 3.62. The largest absolute Gasteiger partial charge is 0.352 e. The standard InChI is InChI=1S/C20H33N3O/c1-5-22(6-2)14-17-12-13-23(15-17)19(20(24)21-16(3)4)18-10-8-7-9-11-18/h7-11,16-17,19H,5-6,12-15H2,1-4H3,(H,21,24)/t17-,19+/m0/s1. The summed E-state index contributed by atoms with van der Waals surface area (Å²) in [7, 11) is 0. The first-order chi connectivity index (χ1) is 11.5. The maximum atomic E-state index is 12.8. The average molecular weight is 332 g/mol. The zero-order valence-electron chi connectivity index (χ0n) is 15.7. The topological polar surface area (TPSA) is 35.6 Å². The van der Waals surface area contributed by atoms with Crippen molar-refractivity contribution in [1.82, 2.24) is 15.1 Å². The van der Waals surface area contributed by atoms with E-state index >= 15 is 0 Å². The minimum Gasteiger partial charge on any atom is -0.352 e. The van der Waals surface area contributed by atoms with Gasteiger partial charge in [-0.15, -0.1) is 0 Å². The summed E-state index contributed by atoms with van der Waals surface area (Å²) in [6.45, 7) is 13.8. The Kier molecular flexibility index (Phi) is 7.25. The van der Waals surface area contributed by atoms with E-state index in [1.165, 1.54) is 6.42 Å². The number of rotatable bonds is 8. The Balaban J connectivity index is 2.09. The van der Waals surface area contributed by atoms with E-state index in [0.29, 0.717) is 5.92 Å². The van der Waals surface area contributed by atoms with Crippen molar-refractivity contribution in [1.29, 1.82) is 0 Å². The highest BCUT2D eigenvalue weighted by molar-refractivity contribution is 5.83. The normalized spacial score (nSPS) is 19.8. The van der Waals surface area contributed by atoms with Crippen LogP contribution in [-0.4, -0.2) is 54.5 Å². The molecule has 134 valence electrons. The van der Waals surface area contributed by atoms with Crippen molar-refractivity contribution in [3.05, 3.63) is 35.9 Å². The molecule has 2 rings (SSSR count). The monoisotopic (exact) mass is 331 g/mol. The van der Waals surface area contributed by atoms with Crippen LogP contribution in [0.5, 0.6) is 0 Å². The summed E-state index contributed by atoms with van der Waals surface area (Å²) in [4.78, 5) is 17.7. The maximum Gasteiger partial charge on any atom is 0.242 e. The van der Waals surface area contributed by atoms with E-state index in [4.69, 9.17) is 0 Å². The molecule has 0 spiro atoms. The molecule has 0 aliphatic carbocycles. The van der Waals surface area contributed by atoms with Gasteiger partial charge >= 0.3 is 0 Å². The number of nitrogens with one attached hydrogen (secondary N) is 1. The first-order valence-electron chi connectivity index (χ1n) is 9.36. The molecule has 4 heteroatoms. The number of amides is 1. The molecule has 4 nitrogen and oxygen atoms in total. The lowest BCUT2D eigenvalue weighted by Crippen LogP contribution is -2.42. The third-order valence-corrected chi connectivity index (χ3v) is 4.89. The summed E-state index contributed by atoms with van der Waals surface area (Å²) < 4.78 is 0. The molecule has 0 saturated carbocycles. The van der Waals surface area contributed by atoms with Crippen LogP contribution in [0, 0.1) is 5.92 Å². The molecule has 1 aromatic rings. The van der Waals surface area contributed by atoms with Crippen molar-refractivity contribution in [2.45, 2.75) is 46.2 Å². The minimum absolute atomic E-state index is 0.125. The highest BCUT2D eigenvalue weighted by Crippen LogP contribution is 2.28. The Labute approximate surface area is 147 Å². The molecule has 1 aromatic carbocycles. The van der Waals surface area contributed by atoms with Crippen LogP contribution in [0.25, 0.3) is 0 Å². The van der Waals surface area contributed by atoms with Crippen LogP contribution >= 0.6 is 0 Å². The highest BCUT2D eigenvalue weighted by Gasteiger charge is 2.34. The number of nitrogens with zero attached hydrogens (tertiary/aromatic N) is 2. The van der Waals surface area contributed by atoms with E-state index in [0.717, 1.165) is 38.3 Å². The van der Waals surface area contributed by atoms with Gasteiger partial charge in [-0.1, -0.05) is 44.2 Å². The lowest BCUT2D eigenvalue weighted by atomic mass is 10.0. The van der Waals surface area contributed by atoms with Crippen LogP contribution in [0.15, 0.2) is 30.3 Å². The van der Waals surface area contributed by atoms with Crippen molar-refractivity contribution in [3.8, 4) is 0 Å². The smallest absolute Gasteiger partial charge is 0.242 e. The van der Waals surface area contributed by atoms with Crippen molar-refractivity contribution >= 4 is 5.91 Å². The zero-order valence-corrected chi connectivity index (χ0v) is 15.7. The second-order valence-electron chi connectivity index (χ2n) is 7.11. The molecule has 1 saturated heterocycles. The molecule has 1 amide bonds.